The van der Waals surface area contributed by atoms with Crippen molar-refractivity contribution in [2.45, 2.75) is 13.3 Å². The minimum Gasteiger partial charge on any atom is -0.508 e. The van der Waals surface area contributed by atoms with Crippen LogP contribution in [0.4, 0.5) is 8.78 Å². The number of hydrogen-bond donors (Lipinski definition) is 1. The van der Waals surface area contributed by atoms with Gasteiger partial charge in [-0.2, -0.15) is 0 Å². The minimum absolute atomic E-state index is 0.0264. The van der Waals surface area contributed by atoms with E-state index in [4.69, 9.17) is 5.11 Å². The number of rotatable bonds is 2. The van der Waals surface area contributed by atoms with E-state index < -0.39 is 28.7 Å². The first-order valence-electron chi connectivity index (χ1n) is 3.77. The average molecular weight is 186 g/mol. The SMILES string of the molecule is CCC(=O)c1c(F)cc(O)cc1F. The normalized spacial score (nSPS) is 10.1. The van der Waals surface area contributed by atoms with E-state index in [2.05, 4.69) is 0 Å². The molecule has 0 unspecified atom stereocenters. The van der Waals surface area contributed by atoms with E-state index in [-0.39, 0.29) is 6.42 Å². The number of carbonyl (C=O) groups is 1. The largest absolute Gasteiger partial charge is 0.508 e. The molecular formula is C9H8F2O2. The lowest BCUT2D eigenvalue weighted by Crippen LogP contribution is -2.04. The summed E-state index contributed by atoms with van der Waals surface area (Å²) < 4.78 is 25.9. The van der Waals surface area contributed by atoms with Crippen LogP contribution >= 0.6 is 0 Å². The first kappa shape index (κ1) is 9.64. The molecular weight excluding hydrogens is 178 g/mol. The van der Waals surface area contributed by atoms with Gasteiger partial charge in [-0.1, -0.05) is 6.92 Å². The van der Waals surface area contributed by atoms with Gasteiger partial charge in [-0.05, 0) is 0 Å². The molecule has 2 nitrogen and oxygen atoms in total. The van der Waals surface area contributed by atoms with Crippen molar-refractivity contribution >= 4 is 5.78 Å². The fourth-order valence-electron chi connectivity index (χ4n) is 1.00. The Morgan fingerprint density at radius 1 is 1.38 bits per heavy atom. The lowest BCUT2D eigenvalue weighted by molar-refractivity contribution is 0.0980. The summed E-state index contributed by atoms with van der Waals surface area (Å²) in [7, 11) is 0. The summed E-state index contributed by atoms with van der Waals surface area (Å²) in [6, 6.07) is 1.43. The van der Waals surface area contributed by atoms with Crippen LogP contribution in [0, 0.1) is 11.6 Å². The first-order chi connectivity index (χ1) is 6.06. The zero-order chi connectivity index (χ0) is 10.0. The van der Waals surface area contributed by atoms with E-state index in [0.29, 0.717) is 12.1 Å². The van der Waals surface area contributed by atoms with Gasteiger partial charge in [0.15, 0.2) is 5.78 Å². The highest BCUT2D eigenvalue weighted by Gasteiger charge is 2.16. The van der Waals surface area contributed by atoms with Crippen molar-refractivity contribution in [2.24, 2.45) is 0 Å². The van der Waals surface area contributed by atoms with Crippen LogP contribution in [0.1, 0.15) is 23.7 Å². The molecule has 0 amide bonds. The van der Waals surface area contributed by atoms with Crippen LogP contribution in [0.5, 0.6) is 5.75 Å². The molecule has 0 bridgehead atoms. The molecule has 13 heavy (non-hydrogen) atoms. The van der Waals surface area contributed by atoms with Crippen molar-refractivity contribution in [2.75, 3.05) is 0 Å². The Morgan fingerprint density at radius 3 is 2.23 bits per heavy atom. The van der Waals surface area contributed by atoms with Gasteiger partial charge in [-0.3, -0.25) is 4.79 Å². The van der Waals surface area contributed by atoms with Gasteiger partial charge in [-0.25, -0.2) is 8.78 Å². The molecule has 0 radical (unpaired) electrons. The van der Waals surface area contributed by atoms with Crippen molar-refractivity contribution in [3.8, 4) is 5.75 Å². The summed E-state index contributed by atoms with van der Waals surface area (Å²) in [4.78, 5) is 11.0. The first-order valence-corrected chi connectivity index (χ1v) is 3.77. The molecule has 0 atom stereocenters. The molecule has 1 N–H and O–H groups in total. The summed E-state index contributed by atoms with van der Waals surface area (Å²) in [5.41, 5.74) is -0.583. The van der Waals surface area contributed by atoms with Gasteiger partial charge in [0.1, 0.15) is 17.4 Å². The zero-order valence-corrected chi connectivity index (χ0v) is 6.97. The Balaban J connectivity index is 3.28. The monoisotopic (exact) mass is 186 g/mol. The molecule has 4 heteroatoms. The predicted molar refractivity (Wildman–Crippen MR) is 42.6 cm³/mol. The van der Waals surface area contributed by atoms with Crippen LogP contribution in [0.25, 0.3) is 0 Å². The number of aromatic hydroxyl groups is 1. The van der Waals surface area contributed by atoms with Gasteiger partial charge in [0.05, 0.1) is 5.56 Å². The van der Waals surface area contributed by atoms with Gasteiger partial charge >= 0.3 is 0 Å². The second kappa shape index (κ2) is 3.51. The summed E-state index contributed by atoms with van der Waals surface area (Å²) in [5.74, 6) is -3.19. The van der Waals surface area contributed by atoms with Crippen molar-refractivity contribution in [1.29, 1.82) is 0 Å². The van der Waals surface area contributed by atoms with Gasteiger partial charge in [0, 0.05) is 18.6 Å². The third-order valence-corrected chi connectivity index (χ3v) is 1.63. The molecule has 0 heterocycles. The summed E-state index contributed by atoms with van der Waals surface area (Å²) in [6.07, 6.45) is 0.0264. The quantitative estimate of drug-likeness (QED) is 0.719. The number of halogens is 2. The van der Waals surface area contributed by atoms with Gasteiger partial charge in [0.25, 0.3) is 0 Å². The second-order valence-electron chi connectivity index (χ2n) is 2.56. The molecule has 0 aliphatic rings. The third-order valence-electron chi connectivity index (χ3n) is 1.63. The van der Waals surface area contributed by atoms with Crippen LogP contribution in [0.2, 0.25) is 0 Å². The highest BCUT2D eigenvalue weighted by atomic mass is 19.1. The van der Waals surface area contributed by atoms with Crippen LogP contribution in [-0.4, -0.2) is 10.9 Å². The minimum atomic E-state index is -1.02. The van der Waals surface area contributed by atoms with E-state index in [1.165, 1.54) is 6.92 Å². The molecule has 70 valence electrons. The number of phenolic OH excluding ortho intramolecular Hbond substituents is 1. The van der Waals surface area contributed by atoms with Crippen molar-refractivity contribution in [3.63, 3.8) is 0 Å². The molecule has 0 aliphatic carbocycles. The van der Waals surface area contributed by atoms with Crippen molar-refractivity contribution < 1.29 is 18.7 Å². The third kappa shape index (κ3) is 1.83. The Morgan fingerprint density at radius 2 is 1.85 bits per heavy atom. The van der Waals surface area contributed by atoms with E-state index in [1.54, 1.807) is 0 Å². The zero-order valence-electron chi connectivity index (χ0n) is 6.97. The number of benzene rings is 1. The highest BCUT2D eigenvalue weighted by Crippen LogP contribution is 2.20. The number of hydrogen-bond acceptors (Lipinski definition) is 2. The van der Waals surface area contributed by atoms with Crippen molar-refractivity contribution in [3.05, 3.63) is 29.3 Å². The lowest BCUT2D eigenvalue weighted by atomic mass is 10.1. The fourth-order valence-corrected chi connectivity index (χ4v) is 1.00. The van der Waals surface area contributed by atoms with Crippen LogP contribution in [0.15, 0.2) is 12.1 Å². The molecule has 1 aromatic carbocycles. The summed E-state index contributed by atoms with van der Waals surface area (Å²) in [5, 5.41) is 8.78. The number of carbonyl (C=O) groups excluding carboxylic acids is 1. The van der Waals surface area contributed by atoms with Crippen molar-refractivity contribution in [1.82, 2.24) is 0 Å². The number of phenols is 1. The maximum atomic E-state index is 12.9. The molecule has 0 saturated heterocycles. The molecule has 0 spiro atoms. The maximum Gasteiger partial charge on any atom is 0.168 e. The second-order valence-corrected chi connectivity index (χ2v) is 2.56. The molecule has 0 aliphatic heterocycles. The van der Waals surface area contributed by atoms with Crippen LogP contribution in [0.3, 0.4) is 0 Å². The van der Waals surface area contributed by atoms with Crippen LogP contribution < -0.4 is 0 Å². The Bertz CT molecular complexity index is 324. The van der Waals surface area contributed by atoms with E-state index in [9.17, 15) is 13.6 Å². The van der Waals surface area contributed by atoms with Crippen LogP contribution in [-0.2, 0) is 0 Å². The van der Waals surface area contributed by atoms with E-state index in [0.717, 1.165) is 0 Å². The molecule has 0 fully saturated rings. The Labute approximate surface area is 73.8 Å². The van der Waals surface area contributed by atoms with Gasteiger partial charge in [-0.15, -0.1) is 0 Å². The predicted octanol–water partition coefficient (Wildman–Crippen LogP) is 2.26. The summed E-state index contributed by atoms with van der Waals surface area (Å²) >= 11 is 0. The number of Topliss-reactive ketones (excluding diaryl/α,β-unsaturated/α-hetero) is 1. The molecule has 0 aromatic heterocycles. The Kier molecular flexibility index (Phi) is 2.60. The van der Waals surface area contributed by atoms with Gasteiger partial charge < -0.3 is 5.11 Å². The highest BCUT2D eigenvalue weighted by molar-refractivity contribution is 5.96. The summed E-state index contributed by atoms with van der Waals surface area (Å²) in [6.45, 7) is 1.51. The topological polar surface area (TPSA) is 37.3 Å². The Hall–Kier alpha value is -1.45. The smallest absolute Gasteiger partial charge is 0.168 e. The molecule has 1 rings (SSSR count). The van der Waals surface area contributed by atoms with E-state index in [1.807, 2.05) is 0 Å². The standard InChI is InChI=1S/C9H8F2O2/c1-2-8(13)9-6(10)3-5(12)4-7(9)11/h3-4,12H,2H2,1H3. The lowest BCUT2D eigenvalue weighted by Gasteiger charge is -2.02. The number of ketones is 1. The van der Waals surface area contributed by atoms with E-state index >= 15 is 0 Å². The fraction of sp³-hybridized carbons (Fsp3) is 0.222. The average Bonchev–Trinajstić information content (AvgIpc) is 2.02. The van der Waals surface area contributed by atoms with Gasteiger partial charge in [0.2, 0.25) is 0 Å². The molecule has 0 saturated carbocycles. The maximum absolute atomic E-state index is 12.9. The molecule has 1 aromatic rings.